The minimum Gasteiger partial charge on any atom is -0.355 e. The van der Waals surface area contributed by atoms with Gasteiger partial charge in [0.2, 0.25) is 0 Å². The largest absolute Gasteiger partial charge is 0.355 e. The molecule has 0 unspecified atom stereocenters. The highest BCUT2D eigenvalue weighted by atomic mass is 127. The minimum atomic E-state index is 0. The molecular formula is C14H19IN4S. The summed E-state index contributed by atoms with van der Waals surface area (Å²) < 4.78 is 0. The lowest BCUT2D eigenvalue weighted by Gasteiger charge is -2.14. The molecule has 0 saturated heterocycles. The SMILES string of the molecule is CN1CCN=C1NCCSCc1ccccc1C#N.I. The van der Waals surface area contributed by atoms with Crippen molar-refractivity contribution in [1.29, 1.82) is 5.26 Å². The van der Waals surface area contributed by atoms with Crippen molar-refractivity contribution in [2.45, 2.75) is 5.75 Å². The van der Waals surface area contributed by atoms with E-state index in [9.17, 15) is 0 Å². The molecule has 0 amide bonds. The van der Waals surface area contributed by atoms with Crippen molar-refractivity contribution >= 4 is 41.7 Å². The van der Waals surface area contributed by atoms with Crippen LogP contribution in [0.3, 0.4) is 0 Å². The predicted octanol–water partition coefficient (Wildman–Crippen LogP) is 2.30. The zero-order chi connectivity index (χ0) is 13.5. The topological polar surface area (TPSA) is 51.4 Å². The number of likely N-dealkylation sites (N-methyl/N-ethyl adjacent to an activating group) is 1. The molecule has 0 spiro atoms. The molecule has 1 N–H and O–H groups in total. The minimum absolute atomic E-state index is 0. The van der Waals surface area contributed by atoms with E-state index < -0.39 is 0 Å². The molecule has 0 fully saturated rings. The average Bonchev–Trinajstić information content (AvgIpc) is 2.84. The summed E-state index contributed by atoms with van der Waals surface area (Å²) in [6.07, 6.45) is 0. The number of guanidine groups is 1. The molecule has 0 bridgehead atoms. The Kier molecular flexibility index (Phi) is 7.77. The Hall–Kier alpha value is -0.940. The molecule has 0 aliphatic carbocycles. The lowest BCUT2D eigenvalue weighted by Crippen LogP contribution is -2.36. The summed E-state index contributed by atoms with van der Waals surface area (Å²) >= 11 is 1.83. The average molecular weight is 402 g/mol. The van der Waals surface area contributed by atoms with E-state index in [1.807, 2.05) is 36.0 Å². The van der Waals surface area contributed by atoms with Crippen LogP contribution in [-0.4, -0.2) is 43.3 Å². The molecule has 1 aliphatic rings. The van der Waals surface area contributed by atoms with E-state index in [2.05, 4.69) is 28.3 Å². The summed E-state index contributed by atoms with van der Waals surface area (Å²) in [6.45, 7) is 2.80. The van der Waals surface area contributed by atoms with E-state index in [1.54, 1.807) is 0 Å². The van der Waals surface area contributed by atoms with Gasteiger partial charge in [-0.1, -0.05) is 18.2 Å². The fourth-order valence-electron chi connectivity index (χ4n) is 1.90. The van der Waals surface area contributed by atoms with Gasteiger partial charge in [-0.05, 0) is 11.6 Å². The number of hydrogen-bond donors (Lipinski definition) is 1. The molecule has 6 heteroatoms. The molecule has 1 aromatic carbocycles. The Morgan fingerprint density at radius 1 is 1.45 bits per heavy atom. The molecule has 0 radical (unpaired) electrons. The van der Waals surface area contributed by atoms with Gasteiger partial charge in [0.1, 0.15) is 0 Å². The van der Waals surface area contributed by atoms with Crippen LogP contribution in [0, 0.1) is 11.3 Å². The fraction of sp³-hybridized carbons (Fsp3) is 0.429. The Balaban J connectivity index is 0.00000200. The smallest absolute Gasteiger partial charge is 0.193 e. The predicted molar refractivity (Wildman–Crippen MR) is 95.7 cm³/mol. The van der Waals surface area contributed by atoms with Gasteiger partial charge in [0.15, 0.2) is 5.96 Å². The second-order valence-electron chi connectivity index (χ2n) is 4.38. The van der Waals surface area contributed by atoms with Gasteiger partial charge in [-0.15, -0.1) is 24.0 Å². The molecule has 0 atom stereocenters. The summed E-state index contributed by atoms with van der Waals surface area (Å²) in [4.78, 5) is 6.51. The summed E-state index contributed by atoms with van der Waals surface area (Å²) in [6, 6.07) is 10.0. The van der Waals surface area contributed by atoms with Gasteiger partial charge in [0.25, 0.3) is 0 Å². The highest BCUT2D eigenvalue weighted by molar-refractivity contribution is 14.0. The van der Waals surface area contributed by atoms with Crippen molar-refractivity contribution in [3.63, 3.8) is 0 Å². The van der Waals surface area contributed by atoms with Crippen molar-refractivity contribution in [3.05, 3.63) is 35.4 Å². The van der Waals surface area contributed by atoms with Crippen molar-refractivity contribution in [3.8, 4) is 6.07 Å². The monoisotopic (exact) mass is 402 g/mol. The first kappa shape index (κ1) is 17.1. The summed E-state index contributed by atoms with van der Waals surface area (Å²) in [5.74, 6) is 2.89. The van der Waals surface area contributed by atoms with Gasteiger partial charge in [-0.2, -0.15) is 17.0 Å². The number of nitrogens with one attached hydrogen (secondary N) is 1. The van der Waals surface area contributed by atoms with Gasteiger partial charge in [0, 0.05) is 31.6 Å². The summed E-state index contributed by atoms with van der Waals surface area (Å²) in [5, 5.41) is 12.3. The van der Waals surface area contributed by atoms with E-state index >= 15 is 0 Å². The molecule has 4 nitrogen and oxygen atoms in total. The molecule has 2 rings (SSSR count). The second-order valence-corrected chi connectivity index (χ2v) is 5.48. The summed E-state index contributed by atoms with van der Waals surface area (Å²) in [7, 11) is 2.05. The Morgan fingerprint density at radius 2 is 2.25 bits per heavy atom. The highest BCUT2D eigenvalue weighted by Crippen LogP contribution is 2.15. The number of aliphatic imine (C=N–C) groups is 1. The van der Waals surface area contributed by atoms with Crippen molar-refractivity contribution < 1.29 is 0 Å². The number of thioether (sulfide) groups is 1. The fourth-order valence-corrected chi connectivity index (χ4v) is 2.76. The van der Waals surface area contributed by atoms with Crippen molar-refractivity contribution in [2.75, 3.05) is 32.4 Å². The standard InChI is InChI=1S/C14H18N4S.HI/c1-18-8-6-16-14(18)17-7-9-19-11-13-5-3-2-4-12(13)10-15;/h2-5H,6-9,11H2,1H3,(H,16,17);1H. The number of rotatable bonds is 5. The molecular weight excluding hydrogens is 383 g/mol. The van der Waals surface area contributed by atoms with Crippen LogP contribution in [0.5, 0.6) is 0 Å². The van der Waals surface area contributed by atoms with E-state index in [0.717, 1.165) is 48.2 Å². The molecule has 0 saturated carbocycles. The maximum absolute atomic E-state index is 9.00. The van der Waals surface area contributed by atoms with Crippen LogP contribution < -0.4 is 5.32 Å². The van der Waals surface area contributed by atoms with E-state index in [0.29, 0.717) is 0 Å². The first-order valence-electron chi connectivity index (χ1n) is 6.36. The maximum Gasteiger partial charge on any atom is 0.193 e. The first-order valence-corrected chi connectivity index (χ1v) is 7.52. The number of nitrogens with zero attached hydrogens (tertiary/aromatic N) is 3. The molecule has 108 valence electrons. The van der Waals surface area contributed by atoms with Crippen LogP contribution in [-0.2, 0) is 5.75 Å². The third-order valence-corrected chi connectivity index (χ3v) is 3.99. The van der Waals surface area contributed by atoms with Crippen LogP contribution in [0.2, 0.25) is 0 Å². The van der Waals surface area contributed by atoms with E-state index in [4.69, 9.17) is 5.26 Å². The van der Waals surface area contributed by atoms with Crippen LogP contribution >= 0.6 is 35.7 Å². The van der Waals surface area contributed by atoms with Crippen LogP contribution in [0.15, 0.2) is 29.3 Å². The zero-order valence-corrected chi connectivity index (χ0v) is 14.6. The quantitative estimate of drug-likeness (QED) is 0.607. The van der Waals surface area contributed by atoms with Crippen molar-refractivity contribution in [1.82, 2.24) is 10.2 Å². The van der Waals surface area contributed by atoms with Gasteiger partial charge in [0.05, 0.1) is 18.2 Å². The van der Waals surface area contributed by atoms with Crippen LogP contribution in [0.25, 0.3) is 0 Å². The Bertz CT molecular complexity index is 498. The number of benzene rings is 1. The normalized spacial score (nSPS) is 13.4. The maximum atomic E-state index is 9.00. The Morgan fingerprint density at radius 3 is 2.95 bits per heavy atom. The molecule has 0 aromatic heterocycles. The highest BCUT2D eigenvalue weighted by Gasteiger charge is 2.10. The van der Waals surface area contributed by atoms with Crippen LogP contribution in [0.1, 0.15) is 11.1 Å². The summed E-state index contributed by atoms with van der Waals surface area (Å²) in [5.41, 5.74) is 1.90. The van der Waals surface area contributed by atoms with Crippen molar-refractivity contribution in [2.24, 2.45) is 4.99 Å². The zero-order valence-electron chi connectivity index (χ0n) is 11.5. The Labute approximate surface area is 141 Å². The number of nitriles is 1. The molecule has 1 aliphatic heterocycles. The third kappa shape index (κ3) is 4.87. The second kappa shape index (κ2) is 9.08. The van der Waals surface area contributed by atoms with Gasteiger partial charge in [-0.3, -0.25) is 4.99 Å². The molecule has 1 aromatic rings. The lowest BCUT2D eigenvalue weighted by molar-refractivity contribution is 0.537. The molecule has 20 heavy (non-hydrogen) atoms. The van der Waals surface area contributed by atoms with Gasteiger partial charge >= 0.3 is 0 Å². The lowest BCUT2D eigenvalue weighted by atomic mass is 10.1. The van der Waals surface area contributed by atoms with Crippen LogP contribution in [0.4, 0.5) is 0 Å². The van der Waals surface area contributed by atoms with Gasteiger partial charge < -0.3 is 10.2 Å². The van der Waals surface area contributed by atoms with Gasteiger partial charge in [-0.25, -0.2) is 0 Å². The van der Waals surface area contributed by atoms with E-state index in [-0.39, 0.29) is 24.0 Å². The number of hydrogen-bond acceptors (Lipinski definition) is 5. The first-order chi connectivity index (χ1) is 9.31. The number of halogens is 1. The molecule has 1 heterocycles. The third-order valence-electron chi connectivity index (χ3n) is 2.98. The van der Waals surface area contributed by atoms with E-state index in [1.165, 1.54) is 0 Å².